The zero-order chi connectivity index (χ0) is 31.1. The fraction of sp³-hybridized carbons (Fsp3) is 0.938. The van der Waals surface area contributed by atoms with Gasteiger partial charge in [0.25, 0.3) is 5.91 Å². The molecule has 0 aromatic carbocycles. The van der Waals surface area contributed by atoms with Crippen molar-refractivity contribution >= 4 is 11.9 Å². The zero-order valence-corrected chi connectivity index (χ0v) is 26.5. The van der Waals surface area contributed by atoms with Crippen molar-refractivity contribution in [2.75, 3.05) is 13.1 Å². The first-order valence-corrected chi connectivity index (χ1v) is 16.7. The Balaban J connectivity index is 0. The molecule has 0 saturated heterocycles. The molecule has 0 spiro atoms. The molecule has 0 fully saturated rings. The molecule has 9 heteroatoms. The maximum atomic E-state index is 11.7. The van der Waals surface area contributed by atoms with Crippen LogP contribution >= 0.6 is 0 Å². The van der Waals surface area contributed by atoms with E-state index < -0.39 is 36.3 Å². The molecule has 0 heterocycles. The third-order valence-corrected chi connectivity index (χ3v) is 7.44. The number of aliphatic hydroxyl groups is 4. The van der Waals surface area contributed by atoms with Crippen LogP contribution in [-0.4, -0.2) is 69.8 Å². The summed E-state index contributed by atoms with van der Waals surface area (Å²) in [5.41, 5.74) is 3.86. The molecule has 0 bridgehead atoms. The molecule has 0 aromatic heterocycles. The number of nitrogens with one attached hydrogen (secondary N) is 1. The summed E-state index contributed by atoms with van der Waals surface area (Å²) in [5, 5.41) is 50.5. The van der Waals surface area contributed by atoms with Crippen molar-refractivity contribution in [1.82, 2.24) is 5.32 Å². The van der Waals surface area contributed by atoms with Crippen LogP contribution in [0.1, 0.15) is 155 Å². The minimum absolute atomic E-state index is 0.304. The molecule has 4 atom stereocenters. The number of quaternary nitrogens is 1. The summed E-state index contributed by atoms with van der Waals surface area (Å²) in [4.78, 5) is 22.1. The van der Waals surface area contributed by atoms with Gasteiger partial charge in [-0.2, -0.15) is 0 Å². The van der Waals surface area contributed by atoms with E-state index in [4.69, 9.17) is 5.11 Å². The van der Waals surface area contributed by atoms with E-state index in [1.807, 2.05) is 0 Å². The SMILES string of the molecule is CCCCCCCCCCCCCNC(=O)[C@@H](O)[C@H](O)[C@@H](O)[C@@H](O)C(=O)[O-].CCCCCCCCCCCCC[NH3+]. The van der Waals surface area contributed by atoms with Gasteiger partial charge in [0.1, 0.15) is 18.3 Å². The zero-order valence-electron chi connectivity index (χ0n) is 26.5. The second-order valence-electron chi connectivity index (χ2n) is 11.4. The third-order valence-electron chi connectivity index (χ3n) is 7.44. The molecule has 0 radical (unpaired) electrons. The van der Waals surface area contributed by atoms with E-state index >= 15 is 0 Å². The largest absolute Gasteiger partial charge is 0.547 e. The molecule has 246 valence electrons. The molecular formula is C32H66N2O7. The van der Waals surface area contributed by atoms with Crippen molar-refractivity contribution in [3.63, 3.8) is 0 Å². The summed E-state index contributed by atoms with van der Waals surface area (Å²) in [6, 6.07) is 0. The predicted molar refractivity (Wildman–Crippen MR) is 163 cm³/mol. The fourth-order valence-electron chi connectivity index (χ4n) is 4.61. The van der Waals surface area contributed by atoms with Crippen LogP contribution in [0.15, 0.2) is 0 Å². The molecule has 0 aliphatic rings. The summed E-state index contributed by atoms with van der Waals surface area (Å²) in [6.45, 7) is 5.91. The number of aliphatic carboxylic acids is 1. The van der Waals surface area contributed by atoms with Crippen LogP contribution in [0.3, 0.4) is 0 Å². The lowest BCUT2D eigenvalue weighted by Crippen LogP contribution is -2.55. The van der Waals surface area contributed by atoms with Crippen molar-refractivity contribution in [2.45, 2.75) is 180 Å². The molecule has 41 heavy (non-hydrogen) atoms. The quantitative estimate of drug-likeness (QED) is 0.0758. The number of carbonyl (C=O) groups excluding carboxylic acids is 2. The van der Waals surface area contributed by atoms with Gasteiger partial charge in [0.15, 0.2) is 6.10 Å². The topological polar surface area (TPSA) is 178 Å². The van der Waals surface area contributed by atoms with Gasteiger partial charge in [-0.3, -0.25) is 4.79 Å². The highest BCUT2D eigenvalue weighted by Gasteiger charge is 2.34. The Kier molecular flexibility index (Phi) is 32.3. The van der Waals surface area contributed by atoms with Crippen LogP contribution in [0.5, 0.6) is 0 Å². The highest BCUT2D eigenvalue weighted by Crippen LogP contribution is 2.12. The van der Waals surface area contributed by atoms with Crippen LogP contribution in [0.4, 0.5) is 0 Å². The number of carbonyl (C=O) groups is 2. The van der Waals surface area contributed by atoms with E-state index in [9.17, 15) is 30.0 Å². The maximum absolute atomic E-state index is 11.7. The van der Waals surface area contributed by atoms with E-state index in [0.717, 1.165) is 32.2 Å². The van der Waals surface area contributed by atoms with Gasteiger partial charge in [-0.1, -0.05) is 136 Å². The lowest BCUT2D eigenvalue weighted by atomic mass is 10.0. The monoisotopic (exact) mass is 590 g/mol. The van der Waals surface area contributed by atoms with Crippen molar-refractivity contribution in [2.24, 2.45) is 0 Å². The van der Waals surface area contributed by atoms with E-state index in [1.54, 1.807) is 0 Å². The van der Waals surface area contributed by atoms with Crippen LogP contribution in [0, 0.1) is 0 Å². The van der Waals surface area contributed by atoms with E-state index in [2.05, 4.69) is 24.9 Å². The number of amides is 1. The Morgan fingerprint density at radius 1 is 0.561 bits per heavy atom. The van der Waals surface area contributed by atoms with Crippen LogP contribution in [0.2, 0.25) is 0 Å². The van der Waals surface area contributed by atoms with E-state index in [1.165, 1.54) is 116 Å². The number of carboxylic acid groups (broad SMARTS) is 1. The summed E-state index contributed by atoms with van der Waals surface area (Å²) < 4.78 is 0. The normalized spacial score (nSPS) is 14.0. The second kappa shape index (κ2) is 31.7. The highest BCUT2D eigenvalue weighted by atomic mass is 16.4. The van der Waals surface area contributed by atoms with Gasteiger partial charge in [-0.25, -0.2) is 0 Å². The van der Waals surface area contributed by atoms with Crippen molar-refractivity contribution < 1.29 is 40.9 Å². The summed E-state index contributed by atoms with van der Waals surface area (Å²) in [6.07, 6.45) is 19.8. The number of rotatable bonds is 28. The lowest BCUT2D eigenvalue weighted by Gasteiger charge is -2.26. The number of hydrogen-bond acceptors (Lipinski definition) is 7. The summed E-state index contributed by atoms with van der Waals surface area (Å²) in [7, 11) is 0. The van der Waals surface area contributed by atoms with Crippen molar-refractivity contribution in [3.05, 3.63) is 0 Å². The number of hydrogen-bond donors (Lipinski definition) is 6. The minimum atomic E-state index is -2.39. The van der Waals surface area contributed by atoms with Gasteiger partial charge in [0.2, 0.25) is 0 Å². The number of carboxylic acids is 1. The maximum Gasteiger partial charge on any atom is 0.251 e. The molecule has 8 N–H and O–H groups in total. The predicted octanol–water partition coefficient (Wildman–Crippen LogP) is 3.15. The first-order valence-electron chi connectivity index (χ1n) is 16.7. The number of unbranched alkanes of at least 4 members (excludes halogenated alkanes) is 20. The van der Waals surface area contributed by atoms with Gasteiger partial charge in [0.05, 0.1) is 12.5 Å². The summed E-state index contributed by atoms with van der Waals surface area (Å²) in [5.74, 6) is -2.94. The van der Waals surface area contributed by atoms with Crippen LogP contribution < -0.4 is 16.2 Å². The Morgan fingerprint density at radius 3 is 1.22 bits per heavy atom. The molecule has 0 aliphatic heterocycles. The fourth-order valence-corrected chi connectivity index (χ4v) is 4.61. The van der Waals surface area contributed by atoms with E-state index in [-0.39, 0.29) is 0 Å². The Hall–Kier alpha value is -1.26. The van der Waals surface area contributed by atoms with Gasteiger partial charge in [-0.15, -0.1) is 0 Å². The average molecular weight is 591 g/mol. The average Bonchev–Trinajstić information content (AvgIpc) is 2.97. The Morgan fingerprint density at radius 2 is 0.878 bits per heavy atom. The number of aliphatic hydroxyl groups excluding tert-OH is 4. The molecule has 0 aliphatic carbocycles. The van der Waals surface area contributed by atoms with Gasteiger partial charge < -0.3 is 41.4 Å². The van der Waals surface area contributed by atoms with Crippen molar-refractivity contribution in [3.8, 4) is 0 Å². The standard InChI is InChI=1S/C19H37NO7.C13H29N/c1-2-3-4-5-6-7-8-9-10-11-12-13-20-18(25)16(23)14(21)15(22)17(24)19(26)27;1-2-3-4-5-6-7-8-9-10-11-12-13-14/h14-17,21-24H,2-13H2,1H3,(H,20,25)(H,26,27);2-14H2,1H3/t14-,15-,16+,17-;/m1./s1. The minimum Gasteiger partial charge on any atom is -0.547 e. The Labute approximate surface area is 250 Å². The first-order chi connectivity index (χ1) is 19.7. The molecular weight excluding hydrogens is 524 g/mol. The summed E-state index contributed by atoms with van der Waals surface area (Å²) >= 11 is 0. The smallest absolute Gasteiger partial charge is 0.251 e. The molecule has 9 nitrogen and oxygen atoms in total. The second-order valence-corrected chi connectivity index (χ2v) is 11.4. The van der Waals surface area contributed by atoms with Crippen molar-refractivity contribution in [1.29, 1.82) is 0 Å². The molecule has 0 aromatic rings. The third kappa shape index (κ3) is 27.3. The van der Waals surface area contributed by atoms with Gasteiger partial charge in [0, 0.05) is 6.54 Å². The first kappa shape index (κ1) is 41.9. The molecule has 0 unspecified atom stereocenters. The van der Waals surface area contributed by atoms with Gasteiger partial charge >= 0.3 is 0 Å². The lowest BCUT2D eigenvalue weighted by molar-refractivity contribution is -0.368. The van der Waals surface area contributed by atoms with Gasteiger partial charge in [-0.05, 0) is 19.3 Å². The highest BCUT2D eigenvalue weighted by molar-refractivity contribution is 5.81. The van der Waals surface area contributed by atoms with Crippen LogP contribution in [0.25, 0.3) is 0 Å². The van der Waals surface area contributed by atoms with E-state index in [0.29, 0.717) is 6.54 Å². The molecule has 0 saturated carbocycles. The Bertz CT molecular complexity index is 568. The van der Waals surface area contributed by atoms with Crippen LogP contribution in [-0.2, 0) is 9.59 Å². The molecule has 0 rings (SSSR count). The molecule has 1 amide bonds.